The predicted molar refractivity (Wildman–Crippen MR) is 89.7 cm³/mol. The van der Waals surface area contributed by atoms with Crippen LogP contribution >= 0.6 is 12.2 Å². The molecule has 114 valence electrons. The van der Waals surface area contributed by atoms with Crippen LogP contribution < -0.4 is 10.6 Å². The maximum absolute atomic E-state index is 11.7. The number of phenolic OH excluding ortho intramolecular Hbond substituents is 1. The van der Waals surface area contributed by atoms with Crippen molar-refractivity contribution in [3.05, 3.63) is 53.5 Å². The largest absolute Gasteiger partial charge is 0.505 e. The molecule has 0 radical (unpaired) electrons. The van der Waals surface area contributed by atoms with Crippen molar-refractivity contribution in [2.24, 2.45) is 0 Å². The zero-order valence-electron chi connectivity index (χ0n) is 12.2. The first-order valence-corrected chi connectivity index (χ1v) is 7.00. The highest BCUT2D eigenvalue weighted by Gasteiger charge is 2.08. The Kier molecular flexibility index (Phi) is 4.95. The smallest absolute Gasteiger partial charge is 0.250 e. The Morgan fingerprint density at radius 2 is 2.14 bits per heavy atom. The monoisotopic (exact) mass is 316 g/mol. The molecule has 0 aliphatic carbocycles. The van der Waals surface area contributed by atoms with E-state index in [1.807, 2.05) is 13.0 Å². The number of phenols is 1. The SMILES string of the molecule is Cc1cc(C)c(O)c(NC(=S)NC(=O)C=Cc2ccco2)c1. The van der Waals surface area contributed by atoms with Gasteiger partial charge in [0.05, 0.1) is 12.0 Å². The third-order valence-electron chi connectivity index (χ3n) is 2.87. The summed E-state index contributed by atoms with van der Waals surface area (Å²) in [7, 11) is 0. The minimum absolute atomic E-state index is 0.105. The quantitative estimate of drug-likeness (QED) is 0.461. The second kappa shape index (κ2) is 6.91. The number of hydrogen-bond donors (Lipinski definition) is 3. The van der Waals surface area contributed by atoms with E-state index in [4.69, 9.17) is 16.6 Å². The Morgan fingerprint density at radius 3 is 2.82 bits per heavy atom. The first-order valence-electron chi connectivity index (χ1n) is 6.59. The minimum atomic E-state index is -0.391. The van der Waals surface area contributed by atoms with E-state index in [1.165, 1.54) is 18.4 Å². The molecule has 0 spiro atoms. The van der Waals surface area contributed by atoms with Crippen LogP contribution in [0.2, 0.25) is 0 Å². The Bertz CT molecular complexity index is 721. The van der Waals surface area contributed by atoms with E-state index in [1.54, 1.807) is 25.1 Å². The highest BCUT2D eigenvalue weighted by molar-refractivity contribution is 7.80. The number of hydrogen-bond acceptors (Lipinski definition) is 4. The van der Waals surface area contributed by atoms with E-state index in [-0.39, 0.29) is 10.9 Å². The molecule has 0 aliphatic heterocycles. The van der Waals surface area contributed by atoms with Crippen LogP contribution in [0.5, 0.6) is 5.75 Å². The van der Waals surface area contributed by atoms with Gasteiger partial charge in [0.1, 0.15) is 11.5 Å². The zero-order valence-corrected chi connectivity index (χ0v) is 13.0. The summed E-state index contributed by atoms with van der Waals surface area (Å²) in [6, 6.07) is 7.06. The fourth-order valence-corrected chi connectivity index (χ4v) is 2.12. The lowest BCUT2D eigenvalue weighted by Gasteiger charge is -2.12. The van der Waals surface area contributed by atoms with Gasteiger partial charge in [-0.05, 0) is 61.5 Å². The molecule has 1 heterocycles. The maximum Gasteiger partial charge on any atom is 0.250 e. The van der Waals surface area contributed by atoms with Gasteiger partial charge in [-0.1, -0.05) is 6.07 Å². The van der Waals surface area contributed by atoms with Crippen molar-refractivity contribution in [2.45, 2.75) is 13.8 Å². The third-order valence-corrected chi connectivity index (χ3v) is 3.08. The Labute approximate surface area is 133 Å². The van der Waals surface area contributed by atoms with Gasteiger partial charge in [0.15, 0.2) is 5.11 Å². The molecule has 6 heteroatoms. The molecule has 5 nitrogen and oxygen atoms in total. The third kappa shape index (κ3) is 4.20. The van der Waals surface area contributed by atoms with E-state index < -0.39 is 5.91 Å². The minimum Gasteiger partial charge on any atom is -0.505 e. The van der Waals surface area contributed by atoms with E-state index in [2.05, 4.69) is 10.6 Å². The molecule has 3 N–H and O–H groups in total. The molecule has 0 atom stereocenters. The molecular formula is C16H16N2O3S. The Balaban J connectivity index is 1.97. The molecule has 0 bridgehead atoms. The predicted octanol–water partition coefficient (Wildman–Crippen LogP) is 3.13. The first kappa shape index (κ1) is 15.8. The van der Waals surface area contributed by atoms with Gasteiger partial charge in [0.25, 0.3) is 0 Å². The lowest BCUT2D eigenvalue weighted by molar-refractivity contribution is -0.115. The molecule has 0 unspecified atom stereocenters. The molecule has 2 aromatic rings. The van der Waals surface area contributed by atoms with E-state index >= 15 is 0 Å². The van der Waals surface area contributed by atoms with E-state index in [9.17, 15) is 9.90 Å². The number of aromatic hydroxyl groups is 1. The number of thiocarbonyl (C=S) groups is 1. The van der Waals surface area contributed by atoms with Crippen molar-refractivity contribution in [1.29, 1.82) is 0 Å². The van der Waals surface area contributed by atoms with Crippen LogP contribution in [0.1, 0.15) is 16.9 Å². The van der Waals surface area contributed by atoms with Crippen LogP contribution in [0.25, 0.3) is 6.08 Å². The average molecular weight is 316 g/mol. The Morgan fingerprint density at radius 1 is 1.36 bits per heavy atom. The van der Waals surface area contributed by atoms with Crippen molar-refractivity contribution >= 4 is 35.0 Å². The van der Waals surface area contributed by atoms with Crippen LogP contribution in [0, 0.1) is 13.8 Å². The molecule has 2 rings (SSSR count). The number of amides is 1. The number of furan rings is 1. The Hall–Kier alpha value is -2.60. The molecule has 0 fully saturated rings. The molecule has 0 saturated heterocycles. The second-order valence-electron chi connectivity index (χ2n) is 4.77. The summed E-state index contributed by atoms with van der Waals surface area (Å²) in [6.07, 6.45) is 4.37. The summed E-state index contributed by atoms with van der Waals surface area (Å²) in [6.45, 7) is 3.70. The molecule has 1 amide bonds. The first-order chi connectivity index (χ1) is 10.5. The van der Waals surface area contributed by atoms with Crippen LogP contribution in [0.4, 0.5) is 5.69 Å². The summed E-state index contributed by atoms with van der Waals surface area (Å²) >= 11 is 5.06. The lowest BCUT2D eigenvalue weighted by Crippen LogP contribution is -2.32. The number of aryl methyl sites for hydroxylation is 2. The van der Waals surface area contributed by atoms with Crippen molar-refractivity contribution in [3.8, 4) is 5.75 Å². The standard InChI is InChI=1S/C16H16N2O3S/c1-10-8-11(2)15(20)13(9-10)17-16(22)18-14(19)6-5-12-4-3-7-21-12/h3-9,20H,1-2H3,(H2,17,18,19,22). The number of benzene rings is 1. The van der Waals surface area contributed by atoms with Gasteiger partial charge in [0, 0.05) is 6.08 Å². The van der Waals surface area contributed by atoms with Gasteiger partial charge < -0.3 is 14.8 Å². The van der Waals surface area contributed by atoms with Gasteiger partial charge in [-0.2, -0.15) is 0 Å². The van der Waals surface area contributed by atoms with Crippen LogP contribution in [-0.4, -0.2) is 16.1 Å². The topological polar surface area (TPSA) is 74.5 Å². The highest BCUT2D eigenvalue weighted by atomic mass is 32.1. The molecule has 22 heavy (non-hydrogen) atoms. The van der Waals surface area contributed by atoms with E-state index in [0.717, 1.165) is 11.1 Å². The summed E-state index contributed by atoms with van der Waals surface area (Å²) < 4.78 is 5.08. The van der Waals surface area contributed by atoms with Gasteiger partial charge >= 0.3 is 0 Å². The average Bonchev–Trinajstić information content (AvgIpc) is 2.95. The van der Waals surface area contributed by atoms with Gasteiger partial charge in [-0.25, -0.2) is 0 Å². The lowest BCUT2D eigenvalue weighted by atomic mass is 10.1. The normalized spacial score (nSPS) is 10.6. The van der Waals surface area contributed by atoms with Crippen molar-refractivity contribution in [3.63, 3.8) is 0 Å². The van der Waals surface area contributed by atoms with Crippen molar-refractivity contribution < 1.29 is 14.3 Å². The van der Waals surface area contributed by atoms with Gasteiger partial charge in [-0.3, -0.25) is 10.1 Å². The van der Waals surface area contributed by atoms with Crippen LogP contribution in [0.3, 0.4) is 0 Å². The number of carbonyl (C=O) groups excluding carboxylic acids is 1. The summed E-state index contributed by atoms with van der Waals surface area (Å²) in [5.41, 5.74) is 2.16. The zero-order chi connectivity index (χ0) is 16.1. The maximum atomic E-state index is 11.7. The fourth-order valence-electron chi connectivity index (χ4n) is 1.91. The van der Waals surface area contributed by atoms with Gasteiger partial charge in [-0.15, -0.1) is 0 Å². The van der Waals surface area contributed by atoms with Crippen LogP contribution in [0.15, 0.2) is 41.0 Å². The summed E-state index contributed by atoms with van der Waals surface area (Å²) in [4.78, 5) is 11.7. The molecule has 1 aromatic heterocycles. The molecule has 0 saturated carbocycles. The summed E-state index contributed by atoms with van der Waals surface area (Å²) in [5.74, 6) is 0.284. The number of carbonyl (C=O) groups is 1. The van der Waals surface area contributed by atoms with E-state index in [0.29, 0.717) is 11.4 Å². The number of rotatable bonds is 3. The van der Waals surface area contributed by atoms with Crippen LogP contribution in [-0.2, 0) is 4.79 Å². The van der Waals surface area contributed by atoms with Crippen molar-refractivity contribution in [1.82, 2.24) is 5.32 Å². The van der Waals surface area contributed by atoms with Gasteiger partial charge in [0.2, 0.25) is 5.91 Å². The fraction of sp³-hybridized carbons (Fsp3) is 0.125. The van der Waals surface area contributed by atoms with Crippen molar-refractivity contribution in [2.75, 3.05) is 5.32 Å². The molecule has 1 aromatic carbocycles. The number of anilines is 1. The number of nitrogens with one attached hydrogen (secondary N) is 2. The molecular weight excluding hydrogens is 300 g/mol. The second-order valence-corrected chi connectivity index (χ2v) is 5.18. The molecule has 0 aliphatic rings. The highest BCUT2D eigenvalue weighted by Crippen LogP contribution is 2.28. The summed E-state index contributed by atoms with van der Waals surface area (Å²) in [5, 5.41) is 15.4.